The molecule has 0 radical (unpaired) electrons. The Morgan fingerprint density at radius 3 is 2.70 bits per heavy atom. The van der Waals surface area contributed by atoms with Crippen LogP contribution in [0.3, 0.4) is 0 Å². The number of pyridine rings is 1. The van der Waals surface area contributed by atoms with Crippen LogP contribution in [-0.2, 0) is 10.9 Å². The van der Waals surface area contributed by atoms with Gasteiger partial charge in [-0.2, -0.15) is 13.2 Å². The molecule has 0 aromatic carbocycles. The molecular formula is C12H8ClF3N2O2. The third-order valence-corrected chi connectivity index (χ3v) is 2.96. The first-order valence-electron chi connectivity index (χ1n) is 5.29. The van der Waals surface area contributed by atoms with Crippen LogP contribution in [0.25, 0.3) is 11.7 Å². The van der Waals surface area contributed by atoms with Gasteiger partial charge in [-0.1, -0.05) is 24.3 Å². The summed E-state index contributed by atoms with van der Waals surface area (Å²) in [6.07, 6.45) is -2.09. The largest absolute Gasteiger partial charge is 0.464 e. The van der Waals surface area contributed by atoms with Crippen LogP contribution in [0.4, 0.5) is 13.2 Å². The Bertz CT molecular complexity index is 707. The Balaban J connectivity index is 2.86. The van der Waals surface area contributed by atoms with E-state index >= 15 is 0 Å². The third-order valence-electron chi connectivity index (χ3n) is 2.60. The number of halogens is 4. The van der Waals surface area contributed by atoms with Gasteiger partial charge in [0, 0.05) is 6.20 Å². The number of methoxy groups -OCH3 is 1. The highest BCUT2D eigenvalue weighted by Gasteiger charge is 2.35. The first kappa shape index (κ1) is 14.4. The fraction of sp³-hybridized carbons (Fsp3) is 0.167. The number of aromatic nitrogens is 2. The summed E-state index contributed by atoms with van der Waals surface area (Å²) in [5, 5.41) is -0.249. The van der Waals surface area contributed by atoms with E-state index in [4.69, 9.17) is 11.6 Å². The lowest BCUT2D eigenvalue weighted by molar-refractivity contribution is -0.136. The Morgan fingerprint density at radius 1 is 1.55 bits per heavy atom. The number of fused-ring (bicyclic) bond motifs is 1. The second-order valence-corrected chi connectivity index (χ2v) is 4.18. The van der Waals surface area contributed by atoms with Crippen LogP contribution in [0.2, 0.25) is 5.15 Å². The van der Waals surface area contributed by atoms with Gasteiger partial charge in [-0.25, -0.2) is 9.78 Å². The second kappa shape index (κ2) is 4.82. The van der Waals surface area contributed by atoms with E-state index in [1.54, 1.807) is 0 Å². The van der Waals surface area contributed by atoms with Crippen LogP contribution in [0.5, 0.6) is 0 Å². The summed E-state index contributed by atoms with van der Waals surface area (Å²) in [6.45, 7) is 3.41. The van der Waals surface area contributed by atoms with Gasteiger partial charge < -0.3 is 4.74 Å². The normalized spacial score (nSPS) is 11.7. The molecule has 0 bridgehead atoms. The zero-order chi connectivity index (χ0) is 15.1. The molecule has 106 valence electrons. The maximum absolute atomic E-state index is 13.0. The van der Waals surface area contributed by atoms with Crippen LogP contribution in [0, 0.1) is 0 Å². The molecular weight excluding hydrogens is 297 g/mol. The topological polar surface area (TPSA) is 43.6 Å². The summed E-state index contributed by atoms with van der Waals surface area (Å²) in [6, 6.07) is 0.882. The van der Waals surface area contributed by atoms with Gasteiger partial charge in [-0.05, 0) is 11.6 Å². The monoisotopic (exact) mass is 304 g/mol. The Kier molecular flexibility index (Phi) is 3.47. The lowest BCUT2D eigenvalue weighted by Gasteiger charge is -2.09. The van der Waals surface area contributed by atoms with E-state index in [0.29, 0.717) is 0 Å². The summed E-state index contributed by atoms with van der Waals surface area (Å²) < 4.78 is 44.4. The molecule has 0 unspecified atom stereocenters. The predicted molar refractivity (Wildman–Crippen MR) is 66.6 cm³/mol. The van der Waals surface area contributed by atoms with Gasteiger partial charge in [0.25, 0.3) is 0 Å². The molecule has 0 saturated heterocycles. The van der Waals surface area contributed by atoms with E-state index in [-0.39, 0.29) is 16.4 Å². The average Bonchev–Trinajstić information content (AvgIpc) is 2.73. The van der Waals surface area contributed by atoms with Crippen molar-refractivity contribution in [2.75, 3.05) is 7.11 Å². The highest BCUT2D eigenvalue weighted by molar-refractivity contribution is 6.32. The Hall–Kier alpha value is -2.02. The van der Waals surface area contributed by atoms with Crippen LogP contribution >= 0.6 is 11.6 Å². The minimum atomic E-state index is -4.64. The van der Waals surface area contributed by atoms with Crippen LogP contribution in [0.1, 0.15) is 21.6 Å². The van der Waals surface area contributed by atoms with E-state index in [1.807, 2.05) is 0 Å². The minimum Gasteiger partial charge on any atom is -0.464 e. The first-order chi connectivity index (χ1) is 9.29. The van der Waals surface area contributed by atoms with Crippen molar-refractivity contribution >= 4 is 29.3 Å². The number of carbonyl (C=O) groups is 1. The molecule has 2 aromatic heterocycles. The number of esters is 1. The van der Waals surface area contributed by atoms with E-state index in [0.717, 1.165) is 17.6 Å². The van der Waals surface area contributed by atoms with Gasteiger partial charge in [0.1, 0.15) is 5.15 Å². The molecule has 8 heteroatoms. The summed E-state index contributed by atoms with van der Waals surface area (Å²) in [7, 11) is 1.09. The van der Waals surface area contributed by atoms with Crippen LogP contribution in [-0.4, -0.2) is 22.5 Å². The van der Waals surface area contributed by atoms with Crippen molar-refractivity contribution in [3.05, 3.63) is 40.8 Å². The molecule has 0 aliphatic carbocycles. The standard InChI is InChI=1S/C12H8ClF3N2O2/c1-3-6-4-7(12(14,15)16)10-17-8(11(19)20-2)9(13)18(10)5-6/h3-5H,1H2,2H3. The van der Waals surface area contributed by atoms with Crippen molar-refractivity contribution in [2.45, 2.75) is 6.18 Å². The second-order valence-electron chi connectivity index (χ2n) is 3.83. The van der Waals surface area contributed by atoms with Crippen LogP contribution < -0.4 is 0 Å². The fourth-order valence-corrected chi connectivity index (χ4v) is 1.93. The molecule has 0 N–H and O–H groups in total. The summed E-state index contributed by atoms with van der Waals surface area (Å²) in [4.78, 5) is 15.1. The highest BCUT2D eigenvalue weighted by atomic mass is 35.5. The molecule has 0 aliphatic heterocycles. The van der Waals surface area contributed by atoms with Crippen molar-refractivity contribution in [3.8, 4) is 0 Å². The molecule has 20 heavy (non-hydrogen) atoms. The molecule has 0 fully saturated rings. The van der Waals surface area contributed by atoms with E-state index in [2.05, 4.69) is 16.3 Å². The molecule has 0 spiro atoms. The van der Waals surface area contributed by atoms with Crippen molar-refractivity contribution in [3.63, 3.8) is 0 Å². The third kappa shape index (κ3) is 2.24. The number of alkyl halides is 3. The number of ether oxygens (including phenoxy) is 1. The lowest BCUT2D eigenvalue weighted by Crippen LogP contribution is -2.08. The van der Waals surface area contributed by atoms with E-state index in [9.17, 15) is 18.0 Å². The number of carbonyl (C=O) groups excluding carboxylic acids is 1. The molecule has 4 nitrogen and oxygen atoms in total. The molecule has 0 saturated carbocycles. The Morgan fingerprint density at radius 2 is 2.20 bits per heavy atom. The highest BCUT2D eigenvalue weighted by Crippen LogP contribution is 2.35. The number of hydrogen-bond acceptors (Lipinski definition) is 3. The zero-order valence-electron chi connectivity index (χ0n) is 10.2. The van der Waals surface area contributed by atoms with Gasteiger partial charge in [-0.15, -0.1) is 0 Å². The SMILES string of the molecule is C=Cc1cc(C(F)(F)F)c2nc(C(=O)OC)c(Cl)n2c1. The van der Waals surface area contributed by atoms with Crippen molar-refractivity contribution in [1.29, 1.82) is 0 Å². The van der Waals surface area contributed by atoms with Crippen molar-refractivity contribution < 1.29 is 22.7 Å². The number of hydrogen-bond donors (Lipinski definition) is 0. The fourth-order valence-electron chi connectivity index (χ4n) is 1.69. The molecule has 0 atom stereocenters. The molecule has 0 aliphatic rings. The summed E-state index contributed by atoms with van der Waals surface area (Å²) >= 11 is 5.88. The first-order valence-corrected chi connectivity index (χ1v) is 5.67. The smallest absolute Gasteiger partial charge is 0.420 e. The van der Waals surface area contributed by atoms with E-state index < -0.39 is 23.4 Å². The van der Waals surface area contributed by atoms with E-state index in [1.165, 1.54) is 12.3 Å². The average molecular weight is 305 g/mol. The number of rotatable bonds is 2. The summed E-state index contributed by atoms with van der Waals surface area (Å²) in [5.74, 6) is -0.910. The Labute approximate surface area is 116 Å². The van der Waals surface area contributed by atoms with Crippen molar-refractivity contribution in [2.24, 2.45) is 0 Å². The van der Waals surface area contributed by atoms with Crippen LogP contribution in [0.15, 0.2) is 18.8 Å². The maximum Gasteiger partial charge on any atom is 0.420 e. The van der Waals surface area contributed by atoms with Crippen molar-refractivity contribution in [1.82, 2.24) is 9.38 Å². The lowest BCUT2D eigenvalue weighted by atomic mass is 10.2. The molecule has 2 aromatic rings. The van der Waals surface area contributed by atoms with Gasteiger partial charge >= 0.3 is 12.1 Å². The maximum atomic E-state index is 13.0. The molecule has 2 heterocycles. The molecule has 2 rings (SSSR count). The summed E-state index contributed by atoms with van der Waals surface area (Å²) in [5.41, 5.74) is -1.65. The predicted octanol–water partition coefficient (Wildman–Crippen LogP) is 3.44. The van der Waals surface area contributed by atoms with Gasteiger partial charge in [0.2, 0.25) is 0 Å². The zero-order valence-corrected chi connectivity index (χ0v) is 10.9. The number of nitrogens with zero attached hydrogens (tertiary/aromatic N) is 2. The van der Waals surface area contributed by atoms with Gasteiger partial charge in [-0.3, -0.25) is 4.40 Å². The quantitative estimate of drug-likeness (QED) is 0.798. The van der Waals surface area contributed by atoms with Gasteiger partial charge in [0.15, 0.2) is 11.3 Å². The van der Waals surface area contributed by atoms with Gasteiger partial charge in [0.05, 0.1) is 12.7 Å². The number of imidazole rings is 1. The minimum absolute atomic E-state index is 0.195. The molecule has 0 amide bonds.